The molecule has 1 aromatic carbocycles. The monoisotopic (exact) mass is 256 g/mol. The van der Waals surface area contributed by atoms with Crippen molar-refractivity contribution in [3.05, 3.63) is 29.6 Å². The van der Waals surface area contributed by atoms with Crippen molar-refractivity contribution >= 4 is 5.69 Å². The zero-order chi connectivity index (χ0) is 13.6. The van der Waals surface area contributed by atoms with Crippen molar-refractivity contribution in [2.75, 3.05) is 11.9 Å². The van der Waals surface area contributed by atoms with Gasteiger partial charge in [0.2, 0.25) is 0 Å². The van der Waals surface area contributed by atoms with Crippen LogP contribution in [0.1, 0.15) is 32.2 Å². The Bertz CT molecular complexity index is 620. The summed E-state index contributed by atoms with van der Waals surface area (Å²) in [5.41, 5.74) is 3.75. The summed E-state index contributed by atoms with van der Waals surface area (Å²) >= 11 is 0. The minimum Gasteiger partial charge on any atom is -0.384 e. The molecule has 0 bridgehead atoms. The van der Waals surface area contributed by atoms with E-state index in [1.54, 1.807) is 0 Å². The molecule has 3 rings (SSSR count). The molecule has 0 fully saturated rings. The van der Waals surface area contributed by atoms with Crippen LogP contribution in [-0.2, 0) is 18.9 Å². The number of benzene rings is 1. The van der Waals surface area contributed by atoms with Gasteiger partial charge >= 0.3 is 0 Å². The van der Waals surface area contributed by atoms with Crippen LogP contribution < -0.4 is 5.32 Å². The third-order valence-electron chi connectivity index (χ3n) is 3.51. The Morgan fingerprint density at radius 1 is 1.26 bits per heavy atom. The molecule has 19 heavy (non-hydrogen) atoms. The molecule has 0 amide bonds. The molecule has 1 aromatic heterocycles. The van der Waals surface area contributed by atoms with Crippen molar-refractivity contribution < 1.29 is 0 Å². The van der Waals surface area contributed by atoms with Crippen LogP contribution in [0.2, 0.25) is 0 Å². The number of hydrogen-bond acceptors (Lipinski definition) is 3. The maximum atomic E-state index is 4.71. The first-order valence-corrected chi connectivity index (χ1v) is 6.74. The quantitative estimate of drug-likeness (QED) is 0.853. The van der Waals surface area contributed by atoms with Gasteiger partial charge in [0.1, 0.15) is 0 Å². The number of anilines is 1. The van der Waals surface area contributed by atoms with E-state index in [0.29, 0.717) is 0 Å². The van der Waals surface area contributed by atoms with Crippen LogP contribution in [0.25, 0.3) is 11.4 Å². The molecular weight excluding hydrogens is 236 g/mol. The Balaban J connectivity index is 2.05. The van der Waals surface area contributed by atoms with Crippen LogP contribution in [0.5, 0.6) is 0 Å². The van der Waals surface area contributed by atoms with Crippen molar-refractivity contribution in [2.45, 2.75) is 32.6 Å². The lowest BCUT2D eigenvalue weighted by atomic mass is 9.96. The number of rotatable bonds is 1. The van der Waals surface area contributed by atoms with Crippen molar-refractivity contribution in [3.63, 3.8) is 0 Å². The maximum Gasteiger partial charge on any atom is 0.158 e. The predicted octanol–water partition coefficient (Wildman–Crippen LogP) is 2.75. The average molecular weight is 256 g/mol. The highest BCUT2D eigenvalue weighted by molar-refractivity contribution is 5.66. The minimum atomic E-state index is -0.0196. The molecular formula is C15H20N4. The summed E-state index contributed by atoms with van der Waals surface area (Å²) in [7, 11) is 1.96. The Labute approximate surface area is 113 Å². The fourth-order valence-corrected chi connectivity index (χ4v) is 2.40. The molecule has 4 nitrogen and oxygen atoms in total. The van der Waals surface area contributed by atoms with Crippen LogP contribution in [0.3, 0.4) is 0 Å². The highest BCUT2D eigenvalue weighted by atomic mass is 15.3. The molecule has 0 spiro atoms. The topological polar surface area (TPSA) is 42.7 Å². The lowest BCUT2D eigenvalue weighted by Crippen LogP contribution is -2.13. The zero-order valence-electron chi connectivity index (χ0n) is 12.0. The SMILES string of the molecule is Cn1nc(C(C)(C)C)nc1-c1ccc2c(c1)CCN2. The average Bonchev–Trinajstić information content (AvgIpc) is 2.92. The molecule has 100 valence electrons. The third-order valence-corrected chi connectivity index (χ3v) is 3.51. The lowest BCUT2D eigenvalue weighted by Gasteiger charge is -2.12. The fraction of sp³-hybridized carbons (Fsp3) is 0.467. The van der Waals surface area contributed by atoms with Crippen molar-refractivity contribution in [1.29, 1.82) is 0 Å². The summed E-state index contributed by atoms with van der Waals surface area (Å²) in [6.07, 6.45) is 1.09. The molecule has 1 aliphatic heterocycles. The molecule has 4 heteroatoms. The summed E-state index contributed by atoms with van der Waals surface area (Å²) in [5, 5.41) is 7.92. The molecule has 0 aliphatic carbocycles. The number of aromatic nitrogens is 3. The van der Waals surface area contributed by atoms with Crippen LogP contribution >= 0.6 is 0 Å². The highest BCUT2D eigenvalue weighted by Crippen LogP contribution is 2.29. The summed E-state index contributed by atoms with van der Waals surface area (Å²) in [6.45, 7) is 7.45. The standard InChI is InChI=1S/C15H20N4/c1-15(2,3)14-17-13(19(4)18-14)11-5-6-12-10(9-11)7-8-16-12/h5-6,9,16H,7-8H2,1-4H3. The third kappa shape index (κ3) is 2.11. The van der Waals surface area contributed by atoms with Crippen molar-refractivity contribution in [2.24, 2.45) is 7.05 Å². The van der Waals surface area contributed by atoms with Gasteiger partial charge in [-0.15, -0.1) is 0 Å². The number of nitrogens with zero attached hydrogens (tertiary/aromatic N) is 3. The van der Waals surface area contributed by atoms with Gasteiger partial charge in [0.25, 0.3) is 0 Å². The highest BCUT2D eigenvalue weighted by Gasteiger charge is 2.22. The van der Waals surface area contributed by atoms with Gasteiger partial charge in [-0.2, -0.15) is 5.10 Å². The molecule has 2 heterocycles. The second kappa shape index (κ2) is 4.08. The van der Waals surface area contributed by atoms with Gasteiger partial charge in [0, 0.05) is 30.3 Å². The van der Waals surface area contributed by atoms with Gasteiger partial charge in [0.05, 0.1) is 0 Å². The smallest absolute Gasteiger partial charge is 0.158 e. The van der Waals surface area contributed by atoms with Gasteiger partial charge in [-0.05, 0) is 30.2 Å². The first-order chi connectivity index (χ1) is 8.95. The summed E-state index contributed by atoms with van der Waals surface area (Å²) in [6, 6.07) is 6.49. The van der Waals surface area contributed by atoms with Gasteiger partial charge in [-0.25, -0.2) is 9.67 Å². The molecule has 1 aliphatic rings. The van der Waals surface area contributed by atoms with Crippen LogP contribution in [0.4, 0.5) is 5.69 Å². The van der Waals surface area contributed by atoms with E-state index in [1.165, 1.54) is 11.3 Å². The Morgan fingerprint density at radius 3 is 2.74 bits per heavy atom. The molecule has 1 N–H and O–H groups in total. The summed E-state index contributed by atoms with van der Waals surface area (Å²) in [5.74, 6) is 1.84. The minimum absolute atomic E-state index is 0.0196. The molecule has 2 aromatic rings. The first kappa shape index (κ1) is 12.2. The second-order valence-electron chi connectivity index (χ2n) is 6.18. The molecule has 0 unspecified atom stereocenters. The normalized spacial score (nSPS) is 14.3. The van der Waals surface area contributed by atoms with Crippen molar-refractivity contribution in [3.8, 4) is 11.4 Å². The van der Waals surface area contributed by atoms with Crippen LogP contribution in [0.15, 0.2) is 18.2 Å². The molecule has 0 atom stereocenters. The van der Waals surface area contributed by atoms with Gasteiger partial charge in [-0.3, -0.25) is 0 Å². The van der Waals surface area contributed by atoms with E-state index in [0.717, 1.165) is 30.2 Å². The Morgan fingerprint density at radius 2 is 2.05 bits per heavy atom. The largest absolute Gasteiger partial charge is 0.384 e. The fourth-order valence-electron chi connectivity index (χ4n) is 2.40. The van der Waals surface area contributed by atoms with E-state index in [4.69, 9.17) is 4.98 Å². The van der Waals surface area contributed by atoms with Gasteiger partial charge in [0.15, 0.2) is 11.6 Å². The predicted molar refractivity (Wildman–Crippen MR) is 77.3 cm³/mol. The second-order valence-corrected chi connectivity index (χ2v) is 6.18. The van der Waals surface area contributed by atoms with Crippen LogP contribution in [0, 0.1) is 0 Å². The van der Waals surface area contributed by atoms with Crippen LogP contribution in [-0.4, -0.2) is 21.3 Å². The van der Waals surface area contributed by atoms with E-state index < -0.39 is 0 Å². The number of fused-ring (bicyclic) bond motifs is 1. The van der Waals surface area contributed by atoms with E-state index >= 15 is 0 Å². The van der Waals surface area contributed by atoms with E-state index in [9.17, 15) is 0 Å². The van der Waals surface area contributed by atoms with Gasteiger partial charge < -0.3 is 5.32 Å². The Kier molecular flexibility index (Phi) is 2.62. The van der Waals surface area contributed by atoms with E-state index in [1.807, 2.05) is 11.7 Å². The zero-order valence-corrected chi connectivity index (χ0v) is 12.0. The van der Waals surface area contributed by atoms with E-state index in [-0.39, 0.29) is 5.41 Å². The molecule has 0 saturated carbocycles. The van der Waals surface area contributed by atoms with Gasteiger partial charge in [-0.1, -0.05) is 20.8 Å². The summed E-state index contributed by atoms with van der Waals surface area (Å²) < 4.78 is 1.88. The lowest BCUT2D eigenvalue weighted by molar-refractivity contribution is 0.538. The number of hydrogen-bond donors (Lipinski definition) is 1. The maximum absolute atomic E-state index is 4.71. The first-order valence-electron chi connectivity index (χ1n) is 6.74. The van der Waals surface area contributed by atoms with E-state index in [2.05, 4.69) is 49.4 Å². The summed E-state index contributed by atoms with van der Waals surface area (Å²) in [4.78, 5) is 4.71. The Hall–Kier alpha value is -1.84. The van der Waals surface area contributed by atoms with Crippen molar-refractivity contribution in [1.82, 2.24) is 14.8 Å². The molecule has 0 radical (unpaired) electrons. The number of aryl methyl sites for hydroxylation is 1. The number of nitrogens with one attached hydrogen (secondary N) is 1. The molecule has 0 saturated heterocycles.